The van der Waals surface area contributed by atoms with Crippen molar-refractivity contribution in [2.45, 2.75) is 0 Å². The summed E-state index contributed by atoms with van der Waals surface area (Å²) >= 11 is 5.99. The van der Waals surface area contributed by atoms with Crippen LogP contribution in [0.1, 0.15) is 0 Å². The molecule has 5 heteroatoms. The molecule has 1 heterocycles. The quantitative estimate of drug-likeness (QED) is 0.489. The SMILES string of the molecule is O=c1cccc2n(O)c3cccc(Cl)c3nc1-2. The topological polar surface area (TPSA) is 55.1 Å². The maximum absolute atomic E-state index is 11.7. The number of benzene rings is 2. The molecule has 0 aromatic heterocycles. The second-order valence-electron chi connectivity index (χ2n) is 3.66. The minimum absolute atomic E-state index is 0.204. The first kappa shape index (κ1) is 10.1. The molecule has 0 atom stereocenters. The lowest BCUT2D eigenvalue weighted by atomic mass is 10.2. The summed E-state index contributed by atoms with van der Waals surface area (Å²) in [6.07, 6.45) is 0. The van der Waals surface area contributed by atoms with Crippen LogP contribution in [0.15, 0.2) is 41.2 Å². The Bertz CT molecular complexity index is 751. The van der Waals surface area contributed by atoms with Crippen molar-refractivity contribution in [1.82, 2.24) is 9.71 Å². The first-order chi connectivity index (χ1) is 8.18. The highest BCUT2D eigenvalue weighted by Gasteiger charge is 2.15. The van der Waals surface area contributed by atoms with Crippen molar-refractivity contribution < 1.29 is 5.21 Å². The van der Waals surface area contributed by atoms with Crippen molar-refractivity contribution >= 4 is 22.6 Å². The van der Waals surface area contributed by atoms with Gasteiger partial charge in [-0.3, -0.25) is 4.79 Å². The molecule has 0 amide bonds. The highest BCUT2D eigenvalue weighted by Crippen LogP contribution is 2.26. The van der Waals surface area contributed by atoms with E-state index in [0.717, 1.165) is 4.73 Å². The molecule has 0 spiro atoms. The van der Waals surface area contributed by atoms with E-state index in [2.05, 4.69) is 4.98 Å². The number of nitrogens with zero attached hydrogens (tertiary/aromatic N) is 2. The maximum atomic E-state index is 11.7. The molecule has 3 rings (SSSR count). The van der Waals surface area contributed by atoms with Crippen molar-refractivity contribution in [2.24, 2.45) is 0 Å². The average Bonchev–Trinajstić information content (AvgIpc) is 2.32. The van der Waals surface area contributed by atoms with E-state index in [-0.39, 0.29) is 11.1 Å². The molecule has 17 heavy (non-hydrogen) atoms. The number of rotatable bonds is 0. The van der Waals surface area contributed by atoms with Crippen LogP contribution in [0.2, 0.25) is 5.02 Å². The molecule has 4 nitrogen and oxygen atoms in total. The van der Waals surface area contributed by atoms with Gasteiger partial charge in [0.2, 0.25) is 5.43 Å². The zero-order chi connectivity index (χ0) is 12.0. The van der Waals surface area contributed by atoms with E-state index in [1.165, 1.54) is 6.07 Å². The second kappa shape index (κ2) is 3.46. The predicted octanol–water partition coefficient (Wildman–Crippen LogP) is 2.39. The first-order valence-electron chi connectivity index (χ1n) is 4.98. The van der Waals surface area contributed by atoms with Gasteiger partial charge in [-0.1, -0.05) is 23.7 Å². The predicted molar refractivity (Wildman–Crippen MR) is 64.8 cm³/mol. The molecule has 2 aliphatic rings. The van der Waals surface area contributed by atoms with E-state index in [1.54, 1.807) is 30.3 Å². The summed E-state index contributed by atoms with van der Waals surface area (Å²) in [5.74, 6) is 0. The summed E-state index contributed by atoms with van der Waals surface area (Å²) < 4.78 is 0.935. The Hall–Kier alpha value is -2.07. The van der Waals surface area contributed by atoms with Gasteiger partial charge >= 0.3 is 0 Å². The molecule has 1 aromatic rings. The fourth-order valence-electron chi connectivity index (χ4n) is 1.82. The number of aromatic nitrogens is 2. The molecule has 0 fully saturated rings. The van der Waals surface area contributed by atoms with E-state index in [4.69, 9.17) is 11.6 Å². The van der Waals surface area contributed by atoms with E-state index in [9.17, 15) is 10.0 Å². The summed E-state index contributed by atoms with van der Waals surface area (Å²) in [7, 11) is 0. The van der Waals surface area contributed by atoms with Crippen LogP contribution in [0, 0.1) is 0 Å². The van der Waals surface area contributed by atoms with Gasteiger partial charge in [-0.05, 0) is 24.3 Å². The lowest BCUT2D eigenvalue weighted by Gasteiger charge is -2.12. The van der Waals surface area contributed by atoms with Gasteiger partial charge in [-0.15, -0.1) is 0 Å². The van der Waals surface area contributed by atoms with Gasteiger partial charge in [-0.2, -0.15) is 4.73 Å². The van der Waals surface area contributed by atoms with Crippen LogP contribution in [0.4, 0.5) is 0 Å². The van der Waals surface area contributed by atoms with E-state index >= 15 is 0 Å². The molecular formula is C12H7ClN2O2. The molecule has 1 N–H and O–H groups in total. The van der Waals surface area contributed by atoms with Gasteiger partial charge in [0.1, 0.15) is 22.4 Å². The monoisotopic (exact) mass is 246 g/mol. The Kier molecular flexibility index (Phi) is 2.06. The highest BCUT2D eigenvalue weighted by molar-refractivity contribution is 6.34. The lowest BCUT2D eigenvalue weighted by molar-refractivity contribution is 0.202. The molecule has 0 saturated carbocycles. The summed E-state index contributed by atoms with van der Waals surface area (Å²) in [6, 6.07) is 9.67. The third kappa shape index (κ3) is 1.38. The molecule has 84 valence electrons. The maximum Gasteiger partial charge on any atom is 0.206 e. The van der Waals surface area contributed by atoms with Crippen LogP contribution in [-0.4, -0.2) is 14.9 Å². The summed E-state index contributed by atoms with van der Waals surface area (Å²) in [6.45, 7) is 0. The Morgan fingerprint density at radius 3 is 2.76 bits per heavy atom. The van der Waals surface area contributed by atoms with Crippen molar-refractivity contribution in [3.05, 3.63) is 51.6 Å². The Morgan fingerprint density at radius 1 is 1.18 bits per heavy atom. The van der Waals surface area contributed by atoms with Gasteiger partial charge in [0.05, 0.1) is 5.02 Å². The van der Waals surface area contributed by atoms with E-state index in [1.807, 2.05) is 0 Å². The number of fused-ring (bicyclic) bond motifs is 2. The molecular weight excluding hydrogens is 240 g/mol. The summed E-state index contributed by atoms with van der Waals surface area (Å²) in [5.41, 5.74) is 1.21. The number of halogens is 1. The lowest BCUT2D eigenvalue weighted by Crippen LogP contribution is -2.13. The van der Waals surface area contributed by atoms with Crippen molar-refractivity contribution in [3.8, 4) is 11.4 Å². The minimum Gasteiger partial charge on any atom is -0.428 e. The molecule has 0 saturated heterocycles. The zero-order valence-corrected chi connectivity index (χ0v) is 9.35. The molecule has 1 aliphatic heterocycles. The van der Waals surface area contributed by atoms with Crippen LogP contribution < -0.4 is 5.43 Å². The van der Waals surface area contributed by atoms with Gasteiger partial charge in [0.15, 0.2) is 0 Å². The number of hydrogen-bond acceptors (Lipinski definition) is 3. The number of para-hydroxylation sites is 2. The van der Waals surface area contributed by atoms with Crippen molar-refractivity contribution in [1.29, 1.82) is 0 Å². The average molecular weight is 247 g/mol. The van der Waals surface area contributed by atoms with Crippen molar-refractivity contribution in [3.63, 3.8) is 0 Å². The van der Waals surface area contributed by atoms with Gasteiger partial charge in [-0.25, -0.2) is 4.98 Å². The van der Waals surface area contributed by atoms with Crippen molar-refractivity contribution in [2.75, 3.05) is 0 Å². The molecule has 0 radical (unpaired) electrons. The summed E-state index contributed by atoms with van der Waals surface area (Å²) in [4.78, 5) is 15.9. The van der Waals surface area contributed by atoms with Crippen LogP contribution >= 0.6 is 11.6 Å². The van der Waals surface area contributed by atoms with Gasteiger partial charge < -0.3 is 5.21 Å². The Labute approximate surface area is 101 Å². The number of hydrogen-bond donors (Lipinski definition) is 1. The first-order valence-corrected chi connectivity index (χ1v) is 5.35. The third-order valence-electron chi connectivity index (χ3n) is 2.62. The highest BCUT2D eigenvalue weighted by atomic mass is 35.5. The van der Waals surface area contributed by atoms with Crippen LogP contribution in [0.25, 0.3) is 22.4 Å². The van der Waals surface area contributed by atoms with E-state index in [0.29, 0.717) is 21.7 Å². The van der Waals surface area contributed by atoms with Gasteiger partial charge in [0.25, 0.3) is 0 Å². The summed E-state index contributed by atoms with van der Waals surface area (Å²) in [5, 5.41) is 10.4. The zero-order valence-electron chi connectivity index (χ0n) is 8.59. The molecule has 1 aliphatic carbocycles. The third-order valence-corrected chi connectivity index (χ3v) is 2.93. The Balaban J connectivity index is 2.63. The normalized spacial score (nSPS) is 11.1. The standard InChI is InChI=1S/C12H7ClN2O2/c13-7-3-1-4-8-11(7)14-12-9(15(8)17)5-2-6-10(12)16/h1-6,17H. The molecule has 0 bridgehead atoms. The molecule has 1 aromatic carbocycles. The van der Waals surface area contributed by atoms with E-state index < -0.39 is 0 Å². The van der Waals surface area contributed by atoms with Crippen LogP contribution in [-0.2, 0) is 0 Å². The van der Waals surface area contributed by atoms with Crippen LogP contribution in [0.5, 0.6) is 0 Å². The molecule has 0 unspecified atom stereocenters. The second-order valence-corrected chi connectivity index (χ2v) is 4.06. The smallest absolute Gasteiger partial charge is 0.206 e. The Morgan fingerprint density at radius 2 is 1.94 bits per heavy atom. The minimum atomic E-state index is -0.243. The van der Waals surface area contributed by atoms with Crippen LogP contribution in [0.3, 0.4) is 0 Å². The fraction of sp³-hybridized carbons (Fsp3) is 0. The largest absolute Gasteiger partial charge is 0.428 e. The fourth-order valence-corrected chi connectivity index (χ4v) is 2.03. The van der Waals surface area contributed by atoms with Gasteiger partial charge in [0, 0.05) is 0 Å².